The summed E-state index contributed by atoms with van der Waals surface area (Å²) in [6, 6.07) is 0. The molecule has 0 radical (unpaired) electrons. The van der Waals surface area contributed by atoms with E-state index >= 15 is 0 Å². The van der Waals surface area contributed by atoms with Gasteiger partial charge in [-0.1, -0.05) is 41.1 Å². The minimum Gasteiger partial charge on any atom is -0.302 e. The molecular weight excluding hydrogens is 280 g/mol. The summed E-state index contributed by atoms with van der Waals surface area (Å²) in [4.78, 5) is 27.1. The van der Waals surface area contributed by atoms with Crippen LogP contribution >= 0.6 is 27.3 Å². The van der Waals surface area contributed by atoms with Gasteiger partial charge in [0.05, 0.1) is 16.4 Å². The predicted molar refractivity (Wildman–Crippen MR) is 63.7 cm³/mol. The lowest BCUT2D eigenvalue weighted by Gasteiger charge is -2.02. The molecule has 1 rings (SSSR count). The van der Waals surface area contributed by atoms with Crippen LogP contribution in [0, 0.1) is 5.92 Å². The third-order valence-corrected chi connectivity index (χ3v) is 3.12. The largest absolute Gasteiger partial charge is 0.302 e. The monoisotopic (exact) mass is 290 g/mol. The number of anilines is 1. The van der Waals surface area contributed by atoms with Crippen molar-refractivity contribution >= 4 is 44.1 Å². The number of Topliss-reactive ketones (excluding diaryl/α,β-unsaturated/α-hetero) is 1. The van der Waals surface area contributed by atoms with Gasteiger partial charge in [0, 0.05) is 5.92 Å². The highest BCUT2D eigenvalue weighted by atomic mass is 79.9. The zero-order valence-corrected chi connectivity index (χ0v) is 10.8. The number of aromatic nitrogens is 1. The highest BCUT2D eigenvalue weighted by Gasteiger charge is 2.12. The number of nitrogens with one attached hydrogen (secondary N) is 1. The van der Waals surface area contributed by atoms with E-state index in [2.05, 4.69) is 26.2 Å². The highest BCUT2D eigenvalue weighted by molar-refractivity contribution is 9.09. The summed E-state index contributed by atoms with van der Waals surface area (Å²) >= 11 is 4.27. The molecule has 0 unspecified atom stereocenters. The fourth-order valence-electron chi connectivity index (χ4n) is 0.776. The van der Waals surface area contributed by atoms with Crippen molar-refractivity contribution < 1.29 is 9.59 Å². The second-order valence-electron chi connectivity index (χ2n) is 3.23. The first-order chi connectivity index (χ1) is 7.04. The smallest absolute Gasteiger partial charge is 0.228 e. The van der Waals surface area contributed by atoms with Crippen molar-refractivity contribution in [3.8, 4) is 0 Å². The molecule has 4 nitrogen and oxygen atoms in total. The first kappa shape index (κ1) is 12.3. The number of carbonyl (C=O) groups excluding carboxylic acids is 2. The Morgan fingerprint density at radius 3 is 2.80 bits per heavy atom. The molecule has 0 bridgehead atoms. The summed E-state index contributed by atoms with van der Waals surface area (Å²) in [7, 11) is 0. The van der Waals surface area contributed by atoms with Crippen LogP contribution in [0.25, 0.3) is 0 Å². The summed E-state index contributed by atoms with van der Waals surface area (Å²) in [6.45, 7) is 3.60. The number of rotatable bonds is 4. The van der Waals surface area contributed by atoms with E-state index in [-0.39, 0.29) is 22.9 Å². The van der Waals surface area contributed by atoms with Crippen LogP contribution in [0.4, 0.5) is 5.13 Å². The molecule has 1 aromatic heterocycles. The topological polar surface area (TPSA) is 59.1 Å². The number of carbonyl (C=O) groups is 2. The number of alkyl halides is 1. The Kier molecular flexibility index (Phi) is 4.41. The first-order valence-corrected chi connectivity index (χ1v) is 6.34. The molecule has 0 saturated heterocycles. The first-order valence-electron chi connectivity index (χ1n) is 4.40. The standard InChI is InChI=1S/C9H11BrN2O2S/c1-5(2)8(14)12-9-11-4-7(15-9)6(13)3-10/h4-5H,3H2,1-2H3,(H,11,12,14). The van der Waals surface area contributed by atoms with E-state index in [0.29, 0.717) is 10.0 Å². The van der Waals surface area contributed by atoms with Gasteiger partial charge in [-0.15, -0.1) is 0 Å². The van der Waals surface area contributed by atoms with Crippen LogP contribution in [0.5, 0.6) is 0 Å². The van der Waals surface area contributed by atoms with E-state index in [1.165, 1.54) is 17.5 Å². The molecule has 6 heteroatoms. The van der Waals surface area contributed by atoms with E-state index in [1.54, 1.807) is 13.8 Å². The predicted octanol–water partition coefficient (Wildman–Crippen LogP) is 2.32. The third kappa shape index (κ3) is 3.39. The molecule has 1 N–H and O–H groups in total. The van der Waals surface area contributed by atoms with Gasteiger partial charge in [0.25, 0.3) is 0 Å². The summed E-state index contributed by atoms with van der Waals surface area (Å²) in [6.07, 6.45) is 1.48. The average Bonchev–Trinajstić information content (AvgIpc) is 2.65. The maximum absolute atomic E-state index is 11.3. The minimum absolute atomic E-state index is 0.0301. The van der Waals surface area contributed by atoms with Crippen LogP contribution in [0.15, 0.2) is 6.20 Å². The van der Waals surface area contributed by atoms with Gasteiger partial charge in [0.2, 0.25) is 5.91 Å². The second-order valence-corrected chi connectivity index (χ2v) is 4.82. The van der Waals surface area contributed by atoms with E-state index < -0.39 is 0 Å². The van der Waals surface area contributed by atoms with E-state index in [0.717, 1.165) is 0 Å². The zero-order chi connectivity index (χ0) is 11.4. The quantitative estimate of drug-likeness (QED) is 0.684. The molecule has 0 aliphatic heterocycles. The van der Waals surface area contributed by atoms with Crippen molar-refractivity contribution in [3.05, 3.63) is 11.1 Å². The van der Waals surface area contributed by atoms with E-state index in [4.69, 9.17) is 0 Å². The fraction of sp³-hybridized carbons (Fsp3) is 0.444. The number of amides is 1. The fourth-order valence-corrected chi connectivity index (χ4v) is 2.02. The van der Waals surface area contributed by atoms with Gasteiger partial charge >= 0.3 is 0 Å². The molecule has 0 atom stereocenters. The minimum atomic E-state index is -0.0952. The number of nitrogens with zero attached hydrogens (tertiary/aromatic N) is 1. The molecule has 0 spiro atoms. The normalized spacial score (nSPS) is 10.4. The van der Waals surface area contributed by atoms with Crippen LogP contribution in [-0.4, -0.2) is 22.0 Å². The number of halogens is 1. The van der Waals surface area contributed by atoms with E-state index in [1.807, 2.05) is 0 Å². The number of hydrogen-bond acceptors (Lipinski definition) is 4. The Morgan fingerprint density at radius 1 is 1.60 bits per heavy atom. The van der Waals surface area contributed by atoms with Gasteiger partial charge in [-0.2, -0.15) is 0 Å². The van der Waals surface area contributed by atoms with Crippen LogP contribution in [0.2, 0.25) is 0 Å². The molecular formula is C9H11BrN2O2S. The number of ketones is 1. The van der Waals surface area contributed by atoms with Gasteiger partial charge in [-0.25, -0.2) is 4.98 Å². The molecule has 15 heavy (non-hydrogen) atoms. The number of hydrogen-bond donors (Lipinski definition) is 1. The lowest BCUT2D eigenvalue weighted by atomic mass is 10.2. The second kappa shape index (κ2) is 5.37. The van der Waals surface area contributed by atoms with Crippen molar-refractivity contribution in [1.29, 1.82) is 0 Å². The molecule has 0 aliphatic carbocycles. The Morgan fingerprint density at radius 2 is 2.27 bits per heavy atom. The highest BCUT2D eigenvalue weighted by Crippen LogP contribution is 2.19. The molecule has 0 aliphatic rings. The van der Waals surface area contributed by atoms with Crippen molar-refractivity contribution in [2.24, 2.45) is 5.92 Å². The van der Waals surface area contributed by atoms with Crippen LogP contribution in [0.3, 0.4) is 0 Å². The van der Waals surface area contributed by atoms with Crippen LogP contribution in [0.1, 0.15) is 23.5 Å². The van der Waals surface area contributed by atoms with Crippen LogP contribution < -0.4 is 5.32 Å². The van der Waals surface area contributed by atoms with E-state index in [9.17, 15) is 9.59 Å². The molecule has 0 saturated carbocycles. The lowest BCUT2D eigenvalue weighted by Crippen LogP contribution is -2.17. The van der Waals surface area contributed by atoms with Gasteiger partial charge in [-0.3, -0.25) is 9.59 Å². The van der Waals surface area contributed by atoms with Gasteiger partial charge < -0.3 is 5.32 Å². The van der Waals surface area contributed by atoms with Gasteiger partial charge in [-0.05, 0) is 0 Å². The maximum Gasteiger partial charge on any atom is 0.228 e. The van der Waals surface area contributed by atoms with Crippen molar-refractivity contribution in [2.45, 2.75) is 13.8 Å². The molecule has 82 valence electrons. The summed E-state index contributed by atoms with van der Waals surface area (Å²) in [5, 5.41) is 3.38. The molecule has 0 aromatic carbocycles. The Hall–Kier alpha value is -0.750. The number of thiazole rings is 1. The Balaban J connectivity index is 2.69. The van der Waals surface area contributed by atoms with Gasteiger partial charge in [0.1, 0.15) is 0 Å². The van der Waals surface area contributed by atoms with Crippen molar-refractivity contribution in [2.75, 3.05) is 10.6 Å². The lowest BCUT2D eigenvalue weighted by molar-refractivity contribution is -0.118. The molecule has 1 amide bonds. The Bertz CT molecular complexity index is 376. The Labute approximate surface area is 100 Å². The third-order valence-electron chi connectivity index (χ3n) is 1.66. The van der Waals surface area contributed by atoms with Gasteiger partial charge in [0.15, 0.2) is 10.9 Å². The molecule has 1 aromatic rings. The summed E-state index contributed by atoms with van der Waals surface area (Å²) < 4.78 is 0. The molecule has 1 heterocycles. The van der Waals surface area contributed by atoms with Crippen molar-refractivity contribution in [1.82, 2.24) is 4.98 Å². The SMILES string of the molecule is CC(C)C(=O)Nc1ncc(C(=O)CBr)s1. The maximum atomic E-state index is 11.3. The molecule has 0 fully saturated rings. The average molecular weight is 291 g/mol. The summed E-state index contributed by atoms with van der Waals surface area (Å²) in [5.41, 5.74) is 0. The zero-order valence-electron chi connectivity index (χ0n) is 8.41. The van der Waals surface area contributed by atoms with Crippen molar-refractivity contribution in [3.63, 3.8) is 0 Å². The summed E-state index contributed by atoms with van der Waals surface area (Å²) in [5.74, 6) is -0.219. The van der Waals surface area contributed by atoms with Crippen LogP contribution in [-0.2, 0) is 4.79 Å².